The Morgan fingerprint density at radius 2 is 0.962 bits per heavy atom. The molecule has 3 rings (SSSR count). The molecule has 0 aliphatic carbocycles. The molecule has 26 heavy (non-hydrogen) atoms. The summed E-state index contributed by atoms with van der Waals surface area (Å²) < 4.78 is 0. The minimum atomic E-state index is -0.818. The highest BCUT2D eigenvalue weighted by Gasteiger charge is 2.34. The number of nitrogens with zero attached hydrogens (tertiary/aromatic N) is 4. The molecule has 132 valence electrons. The maximum Gasteiger partial charge on any atom is 0.291 e. The van der Waals surface area contributed by atoms with Gasteiger partial charge in [-0.05, 0) is 0 Å². The van der Waals surface area contributed by atoms with Gasteiger partial charge in [-0.1, -0.05) is 23.5 Å². The van der Waals surface area contributed by atoms with E-state index in [0.717, 1.165) is 36.0 Å². The molecule has 1 aliphatic heterocycles. The van der Waals surface area contributed by atoms with Crippen molar-refractivity contribution in [3.05, 3.63) is 64.7 Å². The molecule has 0 saturated carbocycles. The third kappa shape index (κ3) is 2.91. The highest BCUT2D eigenvalue weighted by Crippen LogP contribution is 2.56. The number of rotatable bonds is 4. The lowest BCUT2D eigenvalue weighted by atomic mass is 10.2. The van der Waals surface area contributed by atoms with E-state index in [1.165, 1.54) is 0 Å². The minimum absolute atomic E-state index is 0.00931. The van der Waals surface area contributed by atoms with E-state index < -0.39 is 42.4 Å². The lowest BCUT2D eigenvalue weighted by Crippen LogP contribution is -2.02. The SMILES string of the molecule is O=[N+]([O-])c1cc2c(c([N+](=O)[O-])c1)Sc1c(cc([N+](=O)[O-])cc1[N+](=O)[O-])S2. The molecule has 12 nitrogen and oxygen atoms in total. The molecule has 0 amide bonds. The number of non-ortho nitro benzene ring substituents is 2. The standard InChI is InChI=1S/C12H4N4O8S2/c17-13(18)5-1-7(15(21)22)11-9(3-5)25-10-4-6(14(19)20)2-8(16(23)24)12(10)26-11/h1-4H. The van der Waals surface area contributed by atoms with Gasteiger partial charge in [0.05, 0.1) is 31.8 Å². The van der Waals surface area contributed by atoms with Crippen molar-refractivity contribution < 1.29 is 19.7 Å². The lowest BCUT2D eigenvalue weighted by molar-refractivity contribution is -0.396. The summed E-state index contributed by atoms with van der Waals surface area (Å²) in [4.78, 5) is 41.5. The van der Waals surface area contributed by atoms with E-state index in [1.54, 1.807) is 0 Å². The molecule has 0 radical (unpaired) electrons. The first-order chi connectivity index (χ1) is 12.2. The van der Waals surface area contributed by atoms with Crippen molar-refractivity contribution >= 4 is 46.3 Å². The first kappa shape index (κ1) is 17.6. The summed E-state index contributed by atoms with van der Waals surface area (Å²) in [6, 6.07) is 3.73. The molecule has 0 atom stereocenters. The highest BCUT2D eigenvalue weighted by atomic mass is 32.2. The number of hydrogen-bond acceptors (Lipinski definition) is 10. The fourth-order valence-electron chi connectivity index (χ4n) is 2.21. The van der Waals surface area contributed by atoms with E-state index in [2.05, 4.69) is 0 Å². The van der Waals surface area contributed by atoms with Crippen LogP contribution in [-0.4, -0.2) is 19.7 Å². The zero-order chi connectivity index (χ0) is 19.2. The first-order valence-corrected chi connectivity index (χ1v) is 8.11. The van der Waals surface area contributed by atoms with Gasteiger partial charge in [0.15, 0.2) is 0 Å². The van der Waals surface area contributed by atoms with Crippen LogP contribution in [0.4, 0.5) is 22.7 Å². The molecule has 1 aliphatic rings. The van der Waals surface area contributed by atoms with Crippen LogP contribution in [0.1, 0.15) is 0 Å². The summed E-state index contributed by atoms with van der Waals surface area (Å²) in [5, 5.41) is 44.5. The maximum absolute atomic E-state index is 11.3. The van der Waals surface area contributed by atoms with Gasteiger partial charge in [-0.15, -0.1) is 0 Å². The molecule has 0 bridgehead atoms. The number of nitro groups is 4. The monoisotopic (exact) mass is 396 g/mol. The van der Waals surface area contributed by atoms with Gasteiger partial charge in [0.2, 0.25) is 0 Å². The van der Waals surface area contributed by atoms with E-state index in [1.807, 2.05) is 0 Å². The maximum atomic E-state index is 11.3. The number of benzene rings is 2. The Bertz CT molecular complexity index is 945. The summed E-state index contributed by atoms with van der Waals surface area (Å²) in [6.45, 7) is 0. The van der Waals surface area contributed by atoms with Crippen molar-refractivity contribution in [2.75, 3.05) is 0 Å². The summed E-state index contributed by atoms with van der Waals surface area (Å²) in [6.07, 6.45) is 0. The van der Waals surface area contributed by atoms with Gasteiger partial charge in [-0.25, -0.2) is 0 Å². The predicted octanol–water partition coefficient (Wildman–Crippen LogP) is 3.94. The van der Waals surface area contributed by atoms with E-state index in [0.29, 0.717) is 11.8 Å². The largest absolute Gasteiger partial charge is 0.291 e. The van der Waals surface area contributed by atoms with Gasteiger partial charge >= 0.3 is 0 Å². The average Bonchev–Trinajstić information content (AvgIpc) is 2.57. The van der Waals surface area contributed by atoms with Gasteiger partial charge in [-0.3, -0.25) is 40.5 Å². The lowest BCUT2D eigenvalue weighted by Gasteiger charge is -2.17. The van der Waals surface area contributed by atoms with Gasteiger partial charge in [0.25, 0.3) is 22.7 Å². The predicted molar refractivity (Wildman–Crippen MR) is 87.7 cm³/mol. The van der Waals surface area contributed by atoms with Crippen molar-refractivity contribution in [2.45, 2.75) is 19.6 Å². The van der Waals surface area contributed by atoms with Gasteiger partial charge < -0.3 is 0 Å². The zero-order valence-corrected chi connectivity index (χ0v) is 13.8. The van der Waals surface area contributed by atoms with Crippen LogP contribution in [0.2, 0.25) is 0 Å². The number of nitro benzene ring substituents is 4. The molecule has 1 heterocycles. The van der Waals surface area contributed by atoms with Gasteiger partial charge in [-0.2, -0.15) is 0 Å². The van der Waals surface area contributed by atoms with E-state index in [9.17, 15) is 40.5 Å². The second-order valence-electron chi connectivity index (χ2n) is 4.82. The van der Waals surface area contributed by atoms with Crippen molar-refractivity contribution in [1.29, 1.82) is 0 Å². The van der Waals surface area contributed by atoms with Crippen LogP contribution in [0, 0.1) is 40.5 Å². The molecule has 0 saturated heterocycles. The number of hydrogen-bond donors (Lipinski definition) is 0. The smallest absolute Gasteiger partial charge is 0.258 e. The van der Waals surface area contributed by atoms with Crippen LogP contribution >= 0.6 is 23.5 Å². The average molecular weight is 396 g/mol. The highest BCUT2D eigenvalue weighted by molar-refractivity contribution is 8.05. The minimum Gasteiger partial charge on any atom is -0.258 e. The van der Waals surface area contributed by atoms with E-state index >= 15 is 0 Å². The van der Waals surface area contributed by atoms with Crippen LogP contribution in [0.3, 0.4) is 0 Å². The second kappa shape index (κ2) is 6.23. The fraction of sp³-hybridized carbons (Fsp3) is 0. The van der Waals surface area contributed by atoms with Crippen molar-refractivity contribution in [2.24, 2.45) is 0 Å². The molecular weight excluding hydrogens is 392 g/mol. The Morgan fingerprint density at radius 3 is 1.27 bits per heavy atom. The molecule has 0 unspecified atom stereocenters. The number of fused-ring (bicyclic) bond motifs is 2. The molecular formula is C12H4N4O8S2. The zero-order valence-electron chi connectivity index (χ0n) is 12.2. The third-order valence-corrected chi connectivity index (χ3v) is 5.89. The summed E-state index contributed by atoms with van der Waals surface area (Å²) >= 11 is 1.45. The molecule has 0 spiro atoms. The fourth-order valence-corrected chi connectivity index (χ4v) is 4.70. The third-order valence-electron chi connectivity index (χ3n) is 3.28. The Hall–Kier alpha value is -3.26. The van der Waals surface area contributed by atoms with Crippen LogP contribution in [-0.2, 0) is 0 Å². The Morgan fingerprint density at radius 1 is 0.577 bits per heavy atom. The second-order valence-corrected chi connectivity index (χ2v) is 6.92. The summed E-state index contributed by atoms with van der Waals surface area (Å²) in [5.74, 6) is 0. The molecule has 14 heteroatoms. The Kier molecular flexibility index (Phi) is 4.21. The molecule has 0 aromatic heterocycles. The Balaban J connectivity index is 2.25. The summed E-state index contributed by atoms with van der Waals surface area (Å²) in [5.41, 5.74) is -2.17. The van der Waals surface area contributed by atoms with Gasteiger partial charge in [0.1, 0.15) is 9.79 Å². The normalized spacial score (nSPS) is 12.0. The van der Waals surface area contributed by atoms with Crippen LogP contribution < -0.4 is 0 Å². The summed E-state index contributed by atoms with van der Waals surface area (Å²) in [7, 11) is 0. The van der Waals surface area contributed by atoms with Crippen molar-refractivity contribution in [1.82, 2.24) is 0 Å². The van der Waals surface area contributed by atoms with Crippen molar-refractivity contribution in [3.63, 3.8) is 0 Å². The van der Waals surface area contributed by atoms with Crippen molar-refractivity contribution in [3.8, 4) is 0 Å². The molecule has 0 fully saturated rings. The van der Waals surface area contributed by atoms with Crippen LogP contribution in [0.15, 0.2) is 43.8 Å². The van der Waals surface area contributed by atoms with E-state index in [-0.39, 0.29) is 19.6 Å². The van der Waals surface area contributed by atoms with E-state index in [4.69, 9.17) is 0 Å². The molecule has 2 aromatic carbocycles. The Labute approximate surface area is 150 Å². The van der Waals surface area contributed by atoms with Crippen LogP contribution in [0.5, 0.6) is 0 Å². The van der Waals surface area contributed by atoms with Crippen LogP contribution in [0.25, 0.3) is 0 Å². The molecule has 2 aromatic rings. The quantitative estimate of drug-likeness (QED) is 0.464. The molecule has 0 N–H and O–H groups in total. The van der Waals surface area contributed by atoms with Gasteiger partial charge in [0, 0.05) is 21.9 Å². The first-order valence-electron chi connectivity index (χ1n) is 6.48. The topological polar surface area (TPSA) is 173 Å².